The Hall–Kier alpha value is -0.590. The summed E-state index contributed by atoms with van der Waals surface area (Å²) in [7, 11) is -1.84. The summed E-state index contributed by atoms with van der Waals surface area (Å²) in [5.74, 6) is 0. The Morgan fingerprint density at radius 3 is 2.59 bits per heavy atom. The molecule has 0 radical (unpaired) electrons. The highest BCUT2D eigenvalue weighted by atomic mass is 35.5. The van der Waals surface area contributed by atoms with E-state index in [9.17, 15) is 8.42 Å². The van der Waals surface area contributed by atoms with E-state index in [1.165, 1.54) is 16.9 Å². The predicted molar refractivity (Wildman–Crippen MR) is 65.4 cm³/mol. The minimum absolute atomic E-state index is 0.00935. The van der Waals surface area contributed by atoms with Crippen molar-refractivity contribution in [2.45, 2.75) is 42.1 Å². The van der Waals surface area contributed by atoms with Crippen molar-refractivity contribution in [3.8, 4) is 0 Å². The lowest BCUT2D eigenvalue weighted by Gasteiger charge is -2.25. The first-order chi connectivity index (χ1) is 7.99. The quantitative estimate of drug-likeness (QED) is 0.846. The van der Waals surface area contributed by atoms with E-state index in [0.29, 0.717) is 0 Å². The molecule has 17 heavy (non-hydrogen) atoms. The standard InChI is InChI=1S/C10H16ClN3O2S/c1-14-10(6-7-12-14)17(15,16)13-9-4-2-8(11)3-5-9/h6-9,13H,2-5H2,1H3. The molecular weight excluding hydrogens is 262 g/mol. The first-order valence-corrected chi connectivity index (χ1v) is 7.55. The molecule has 96 valence electrons. The second kappa shape index (κ2) is 4.96. The average Bonchev–Trinajstić information content (AvgIpc) is 2.68. The van der Waals surface area contributed by atoms with Gasteiger partial charge in [0, 0.05) is 18.5 Å². The molecule has 7 heteroatoms. The number of aromatic nitrogens is 2. The summed E-state index contributed by atoms with van der Waals surface area (Å²) in [6.45, 7) is 0. The van der Waals surface area contributed by atoms with E-state index in [0.717, 1.165) is 25.7 Å². The van der Waals surface area contributed by atoms with E-state index in [4.69, 9.17) is 11.6 Å². The number of rotatable bonds is 3. The fourth-order valence-electron chi connectivity index (χ4n) is 2.08. The number of hydrogen-bond donors (Lipinski definition) is 1. The van der Waals surface area contributed by atoms with Crippen molar-refractivity contribution in [3.63, 3.8) is 0 Å². The second-order valence-corrected chi connectivity index (χ2v) is 6.64. The van der Waals surface area contributed by atoms with Crippen molar-refractivity contribution < 1.29 is 8.42 Å². The highest BCUT2D eigenvalue weighted by molar-refractivity contribution is 7.89. The third-order valence-electron chi connectivity index (χ3n) is 3.03. The summed E-state index contributed by atoms with van der Waals surface area (Å²) in [5, 5.41) is 4.25. The van der Waals surface area contributed by atoms with Gasteiger partial charge < -0.3 is 0 Å². The topological polar surface area (TPSA) is 64.0 Å². The number of nitrogens with one attached hydrogen (secondary N) is 1. The molecule has 1 N–H and O–H groups in total. The number of halogens is 1. The number of hydrogen-bond acceptors (Lipinski definition) is 3. The average molecular weight is 278 g/mol. The van der Waals surface area contributed by atoms with Gasteiger partial charge in [-0.3, -0.25) is 4.68 Å². The van der Waals surface area contributed by atoms with Gasteiger partial charge in [0.1, 0.15) is 0 Å². The van der Waals surface area contributed by atoms with Crippen molar-refractivity contribution in [1.82, 2.24) is 14.5 Å². The molecule has 1 fully saturated rings. The van der Waals surface area contributed by atoms with Gasteiger partial charge in [-0.05, 0) is 31.7 Å². The maximum Gasteiger partial charge on any atom is 0.257 e. The molecule has 0 unspecified atom stereocenters. The number of sulfonamides is 1. The molecule has 0 bridgehead atoms. The number of alkyl halides is 1. The smallest absolute Gasteiger partial charge is 0.256 e. The summed E-state index contributed by atoms with van der Waals surface area (Å²) in [6, 6.07) is 1.49. The summed E-state index contributed by atoms with van der Waals surface area (Å²) in [4.78, 5) is 0. The molecule has 0 aromatic carbocycles. The highest BCUT2D eigenvalue weighted by Gasteiger charge is 2.26. The van der Waals surface area contributed by atoms with Crippen LogP contribution < -0.4 is 4.72 Å². The molecule has 0 spiro atoms. The van der Waals surface area contributed by atoms with Gasteiger partial charge in [-0.25, -0.2) is 13.1 Å². The number of nitrogens with zero attached hydrogens (tertiary/aromatic N) is 2. The van der Waals surface area contributed by atoms with Crippen molar-refractivity contribution >= 4 is 21.6 Å². The minimum atomic E-state index is -3.46. The molecule has 1 aromatic rings. The Labute approximate surface area is 106 Å². The molecule has 1 aliphatic rings. The fraction of sp³-hybridized carbons (Fsp3) is 0.700. The van der Waals surface area contributed by atoms with Gasteiger partial charge in [-0.2, -0.15) is 5.10 Å². The summed E-state index contributed by atoms with van der Waals surface area (Å²) in [5.41, 5.74) is 0. The third kappa shape index (κ3) is 3.00. The lowest BCUT2D eigenvalue weighted by Crippen LogP contribution is -2.38. The van der Waals surface area contributed by atoms with Crippen LogP contribution in [0.1, 0.15) is 25.7 Å². The zero-order valence-corrected chi connectivity index (χ0v) is 11.2. The molecule has 0 aliphatic heterocycles. The molecule has 0 atom stereocenters. The summed E-state index contributed by atoms with van der Waals surface area (Å²) < 4.78 is 28.2. The van der Waals surface area contributed by atoms with Crippen LogP contribution in [-0.2, 0) is 17.1 Å². The van der Waals surface area contributed by atoms with Gasteiger partial charge in [0.05, 0.1) is 6.20 Å². The Bertz CT molecular complexity index is 477. The van der Waals surface area contributed by atoms with Crippen molar-refractivity contribution in [3.05, 3.63) is 12.3 Å². The second-order valence-electron chi connectivity index (χ2n) is 4.36. The van der Waals surface area contributed by atoms with Crippen LogP contribution in [0.15, 0.2) is 17.3 Å². The van der Waals surface area contributed by atoms with E-state index < -0.39 is 10.0 Å². The van der Waals surface area contributed by atoms with E-state index in [-0.39, 0.29) is 16.4 Å². The zero-order valence-electron chi connectivity index (χ0n) is 9.63. The molecular formula is C10H16ClN3O2S. The predicted octanol–water partition coefficient (Wildman–Crippen LogP) is 1.25. The normalized spacial score (nSPS) is 26.0. The van der Waals surface area contributed by atoms with Crippen LogP contribution in [0.2, 0.25) is 0 Å². The van der Waals surface area contributed by atoms with Crippen LogP contribution in [0.25, 0.3) is 0 Å². The fourth-order valence-corrected chi connectivity index (χ4v) is 3.76. The van der Waals surface area contributed by atoms with Crippen molar-refractivity contribution in [2.24, 2.45) is 7.05 Å². The molecule has 1 heterocycles. The van der Waals surface area contributed by atoms with Gasteiger partial charge in [0.2, 0.25) is 0 Å². The van der Waals surface area contributed by atoms with Crippen LogP contribution in [0.4, 0.5) is 0 Å². The first kappa shape index (κ1) is 12.9. The van der Waals surface area contributed by atoms with Gasteiger partial charge in [0.15, 0.2) is 5.03 Å². The monoisotopic (exact) mass is 277 g/mol. The summed E-state index contributed by atoms with van der Waals surface area (Å²) >= 11 is 5.99. The lowest BCUT2D eigenvalue weighted by molar-refractivity contribution is 0.415. The number of aryl methyl sites for hydroxylation is 1. The third-order valence-corrected chi connectivity index (χ3v) is 5.06. The summed E-state index contributed by atoms with van der Waals surface area (Å²) in [6.07, 6.45) is 4.79. The van der Waals surface area contributed by atoms with E-state index in [2.05, 4.69) is 9.82 Å². The molecule has 1 aliphatic carbocycles. The Balaban J connectivity index is 2.06. The van der Waals surface area contributed by atoms with Gasteiger partial charge >= 0.3 is 0 Å². The zero-order chi connectivity index (χ0) is 12.5. The van der Waals surface area contributed by atoms with E-state index >= 15 is 0 Å². The molecule has 5 nitrogen and oxygen atoms in total. The molecule has 0 saturated heterocycles. The molecule has 0 amide bonds. The van der Waals surface area contributed by atoms with Crippen LogP contribution in [0.5, 0.6) is 0 Å². The molecule has 2 rings (SSSR count). The largest absolute Gasteiger partial charge is 0.257 e. The van der Waals surface area contributed by atoms with E-state index in [1.807, 2.05) is 0 Å². The van der Waals surface area contributed by atoms with E-state index in [1.54, 1.807) is 7.05 Å². The highest BCUT2D eigenvalue weighted by Crippen LogP contribution is 2.24. The van der Waals surface area contributed by atoms with Crippen LogP contribution >= 0.6 is 11.6 Å². The van der Waals surface area contributed by atoms with Crippen LogP contribution in [-0.4, -0.2) is 29.6 Å². The Morgan fingerprint density at radius 1 is 1.41 bits per heavy atom. The Kier molecular flexibility index (Phi) is 3.75. The first-order valence-electron chi connectivity index (χ1n) is 5.63. The van der Waals surface area contributed by atoms with Gasteiger partial charge in [0.25, 0.3) is 10.0 Å². The Morgan fingerprint density at radius 2 is 2.06 bits per heavy atom. The van der Waals surface area contributed by atoms with Crippen molar-refractivity contribution in [2.75, 3.05) is 0 Å². The van der Waals surface area contributed by atoms with Gasteiger partial charge in [-0.15, -0.1) is 11.6 Å². The van der Waals surface area contributed by atoms with Crippen LogP contribution in [0, 0.1) is 0 Å². The van der Waals surface area contributed by atoms with Crippen LogP contribution in [0.3, 0.4) is 0 Å². The SMILES string of the molecule is Cn1nccc1S(=O)(=O)NC1CCC(Cl)CC1. The lowest BCUT2D eigenvalue weighted by atomic mass is 9.96. The molecule has 1 saturated carbocycles. The maximum absolute atomic E-state index is 12.1. The van der Waals surface area contributed by atoms with Crippen molar-refractivity contribution in [1.29, 1.82) is 0 Å². The minimum Gasteiger partial charge on any atom is -0.256 e. The molecule has 1 aromatic heterocycles. The maximum atomic E-state index is 12.1. The van der Waals surface area contributed by atoms with Gasteiger partial charge in [-0.1, -0.05) is 0 Å².